The van der Waals surface area contributed by atoms with Crippen molar-refractivity contribution in [1.29, 1.82) is 0 Å². The predicted molar refractivity (Wildman–Crippen MR) is 224 cm³/mol. The van der Waals surface area contributed by atoms with Gasteiger partial charge in [0.25, 0.3) is 11.8 Å². The normalized spacial score (nSPS) is 22.8. The van der Waals surface area contributed by atoms with Crippen molar-refractivity contribution in [2.75, 3.05) is 43.0 Å². The molecule has 58 heavy (non-hydrogen) atoms. The second kappa shape index (κ2) is 23.3. The molecule has 10 N–H and O–H groups in total. The van der Waals surface area contributed by atoms with E-state index in [4.69, 9.17) is 0 Å². The fraction of sp³-hybridized carbons (Fsp3) is 0.667. The molecule has 0 spiro atoms. The predicted octanol–water partition coefficient (Wildman–Crippen LogP) is 3.26. The van der Waals surface area contributed by atoms with Gasteiger partial charge in [0.15, 0.2) is 0 Å². The fourth-order valence-corrected chi connectivity index (χ4v) is 10.8. The summed E-state index contributed by atoms with van der Waals surface area (Å²) in [6.45, 7) is 1.86. The lowest BCUT2D eigenvalue weighted by molar-refractivity contribution is -0.122. The number of thioether (sulfide) groups is 2. The van der Waals surface area contributed by atoms with Crippen LogP contribution < -0.4 is 47.9 Å². The molecule has 19 heteroatoms. The van der Waals surface area contributed by atoms with E-state index in [9.17, 15) is 38.7 Å². The highest BCUT2D eigenvalue weighted by Crippen LogP contribution is 2.34. The first kappa shape index (κ1) is 44.7. The molecule has 1 aromatic rings. The molecule has 0 unspecified atom stereocenters. The van der Waals surface area contributed by atoms with Crippen LogP contribution in [0.1, 0.15) is 111 Å². The largest absolute Gasteiger partial charge is 0.465 e. The van der Waals surface area contributed by atoms with Crippen LogP contribution in [0.5, 0.6) is 0 Å². The smallest absolute Gasteiger partial charge is 0.409 e. The average molecular weight is 846 g/mol. The summed E-state index contributed by atoms with van der Waals surface area (Å²) in [6, 6.07) is 4.81. The van der Waals surface area contributed by atoms with Crippen LogP contribution >= 0.6 is 23.5 Å². The topological polar surface area (TPSA) is 248 Å². The standard InChI is InChI=1S/C39H59N9O8S2/c49-31(13-5-3-11-29-33-27(22-57-29)45-37(53)47-33)40-15-7-1-9-17-42-35(51)24-19-25(21-26(20-24)44-39(55)56)36(52)43-18-10-2-8-16-41-32(50)14-6-4-12-30-34-28(23-58-30)46-38(54)48-34/h19-21,27-30,33-34,44H,1-18,22-23H2,(H,40,49)(H,41,50)(H,42,51)(H,43,52)(H,55,56)(H2,45,47,53)(H2,46,48,54)/t27-,28-,29-,30-,33-,34-/m0/s1. The Morgan fingerprint density at radius 1 is 0.569 bits per heavy atom. The van der Waals surface area contributed by atoms with Crippen molar-refractivity contribution in [1.82, 2.24) is 42.5 Å². The zero-order chi connectivity index (χ0) is 41.3. The minimum atomic E-state index is -1.32. The van der Waals surface area contributed by atoms with Gasteiger partial charge in [0.05, 0.1) is 24.2 Å². The van der Waals surface area contributed by atoms with Gasteiger partial charge >= 0.3 is 18.2 Å². The number of carbonyl (C=O) groups excluding carboxylic acids is 6. The van der Waals surface area contributed by atoms with Crippen LogP contribution in [0.2, 0.25) is 0 Å². The van der Waals surface area contributed by atoms with Crippen LogP contribution in [0.25, 0.3) is 0 Å². The van der Waals surface area contributed by atoms with Crippen LogP contribution in [-0.2, 0) is 9.59 Å². The van der Waals surface area contributed by atoms with Crippen molar-refractivity contribution in [2.24, 2.45) is 0 Å². The molecule has 1 aromatic carbocycles. The Bertz CT molecular complexity index is 1520. The Balaban J connectivity index is 0.880. The molecule has 4 aliphatic heterocycles. The third kappa shape index (κ3) is 14.5. The number of carboxylic acid groups (broad SMARTS) is 1. The van der Waals surface area contributed by atoms with Crippen molar-refractivity contribution >= 4 is 71.0 Å². The molecule has 4 heterocycles. The van der Waals surface area contributed by atoms with E-state index < -0.39 is 17.9 Å². The Kier molecular flexibility index (Phi) is 17.9. The van der Waals surface area contributed by atoms with E-state index in [0.717, 1.165) is 75.7 Å². The van der Waals surface area contributed by atoms with Gasteiger partial charge in [-0.3, -0.25) is 24.5 Å². The Labute approximate surface area is 348 Å². The number of urea groups is 2. The minimum absolute atomic E-state index is 0.0210. The summed E-state index contributed by atoms with van der Waals surface area (Å²) in [4.78, 5) is 84.8. The van der Waals surface area contributed by atoms with Crippen LogP contribution in [0.4, 0.5) is 20.1 Å². The molecule has 6 atom stereocenters. The van der Waals surface area contributed by atoms with Crippen molar-refractivity contribution in [3.63, 3.8) is 0 Å². The van der Waals surface area contributed by atoms with E-state index in [1.165, 1.54) is 18.2 Å². The lowest BCUT2D eigenvalue weighted by Crippen LogP contribution is -2.36. The van der Waals surface area contributed by atoms with Gasteiger partial charge in [-0.25, -0.2) is 14.4 Å². The van der Waals surface area contributed by atoms with Crippen molar-refractivity contribution in [3.05, 3.63) is 29.3 Å². The van der Waals surface area contributed by atoms with Crippen LogP contribution in [-0.4, -0.2) is 119 Å². The quantitative estimate of drug-likeness (QED) is 0.0509. The average Bonchev–Trinajstić information content (AvgIpc) is 3.95. The first-order valence-electron chi connectivity index (χ1n) is 20.7. The zero-order valence-electron chi connectivity index (χ0n) is 33.0. The number of rotatable bonds is 25. The molecule has 0 saturated carbocycles. The van der Waals surface area contributed by atoms with Gasteiger partial charge < -0.3 is 47.6 Å². The summed E-state index contributed by atoms with van der Waals surface area (Å²) in [6.07, 6.45) is 9.47. The highest BCUT2D eigenvalue weighted by atomic mass is 32.2. The molecular weight excluding hydrogens is 787 g/mol. The van der Waals surface area contributed by atoms with Crippen LogP contribution in [0.3, 0.4) is 0 Å². The van der Waals surface area contributed by atoms with E-state index in [2.05, 4.69) is 47.9 Å². The third-order valence-corrected chi connectivity index (χ3v) is 13.8. The lowest BCUT2D eigenvalue weighted by Gasteiger charge is -2.16. The molecule has 17 nitrogen and oxygen atoms in total. The van der Waals surface area contributed by atoms with Gasteiger partial charge in [-0.1, -0.05) is 12.8 Å². The summed E-state index contributed by atoms with van der Waals surface area (Å²) < 4.78 is 0. The molecular formula is C39H59N9O8S2. The fourth-order valence-electron chi connectivity index (χ4n) is 7.73. The third-order valence-electron chi connectivity index (χ3n) is 10.8. The molecule has 0 bridgehead atoms. The molecule has 4 saturated heterocycles. The number of hydrogen-bond donors (Lipinski definition) is 10. The minimum Gasteiger partial charge on any atom is -0.465 e. The molecule has 9 amide bonds. The molecule has 4 fully saturated rings. The van der Waals surface area contributed by atoms with Crippen LogP contribution in [0.15, 0.2) is 18.2 Å². The van der Waals surface area contributed by atoms with E-state index in [1.807, 2.05) is 23.5 Å². The van der Waals surface area contributed by atoms with Gasteiger partial charge in [0.1, 0.15) is 0 Å². The highest BCUT2D eigenvalue weighted by molar-refractivity contribution is 8.00. The number of anilines is 1. The summed E-state index contributed by atoms with van der Waals surface area (Å²) in [5.74, 6) is 1.03. The number of amides is 9. The van der Waals surface area contributed by atoms with E-state index in [1.54, 1.807) is 0 Å². The molecule has 320 valence electrons. The summed E-state index contributed by atoms with van der Waals surface area (Å²) in [5.41, 5.74) is 0.412. The Hall–Kier alpha value is -4.39. The van der Waals surface area contributed by atoms with E-state index in [0.29, 0.717) is 62.4 Å². The lowest BCUT2D eigenvalue weighted by atomic mass is 10.0. The number of hydrogen-bond acceptors (Lipinski definition) is 9. The highest BCUT2D eigenvalue weighted by Gasteiger charge is 2.43. The maximum absolute atomic E-state index is 13.0. The molecule has 0 radical (unpaired) electrons. The molecule has 4 aliphatic rings. The maximum Gasteiger partial charge on any atom is 0.409 e. The second-order valence-corrected chi connectivity index (χ2v) is 17.8. The van der Waals surface area contributed by atoms with Crippen molar-refractivity contribution < 1.29 is 38.7 Å². The number of nitrogens with one attached hydrogen (secondary N) is 9. The first-order valence-corrected chi connectivity index (χ1v) is 22.8. The number of unbranched alkanes of at least 4 members (excludes halogenated alkanes) is 6. The maximum atomic E-state index is 13.0. The summed E-state index contributed by atoms with van der Waals surface area (Å²) >= 11 is 3.75. The number of carbonyl (C=O) groups is 7. The van der Waals surface area contributed by atoms with Gasteiger partial charge in [0.2, 0.25) is 11.8 Å². The molecule has 0 aliphatic carbocycles. The van der Waals surface area contributed by atoms with Gasteiger partial charge in [0, 0.05) is 77.8 Å². The van der Waals surface area contributed by atoms with Gasteiger partial charge in [-0.15, -0.1) is 0 Å². The van der Waals surface area contributed by atoms with Crippen LogP contribution in [0, 0.1) is 0 Å². The number of fused-ring (bicyclic) bond motifs is 2. The molecule has 5 rings (SSSR count). The number of benzene rings is 1. The van der Waals surface area contributed by atoms with Gasteiger partial charge in [-0.2, -0.15) is 23.5 Å². The second-order valence-electron chi connectivity index (χ2n) is 15.3. The summed E-state index contributed by atoms with van der Waals surface area (Å²) in [5, 5.41) is 35.7. The zero-order valence-corrected chi connectivity index (χ0v) is 34.6. The summed E-state index contributed by atoms with van der Waals surface area (Å²) in [7, 11) is 0. The Morgan fingerprint density at radius 2 is 1.00 bits per heavy atom. The van der Waals surface area contributed by atoms with E-state index in [-0.39, 0.29) is 64.9 Å². The Morgan fingerprint density at radius 3 is 1.43 bits per heavy atom. The van der Waals surface area contributed by atoms with Crippen molar-refractivity contribution in [3.8, 4) is 0 Å². The monoisotopic (exact) mass is 845 g/mol. The molecule has 0 aromatic heterocycles. The van der Waals surface area contributed by atoms with E-state index >= 15 is 0 Å². The SMILES string of the molecule is O=C(O)Nc1cc(C(=O)NCCCCCNC(=O)CCCC[C@@H]2SC[C@@H]3NC(=O)N[C@@H]32)cc(C(=O)NCCCCCNC(=O)CCCC[C@@H]2SC[C@@H]3NC(=O)N[C@@H]32)c1. The van der Waals surface area contributed by atoms with Crippen molar-refractivity contribution in [2.45, 2.75) is 125 Å². The van der Waals surface area contributed by atoms with Gasteiger partial charge in [-0.05, 0) is 82.4 Å². The first-order chi connectivity index (χ1) is 28.0.